The number of piperidine rings is 1. The molecule has 114 valence electrons. The number of sulfonamides is 1. The summed E-state index contributed by atoms with van der Waals surface area (Å²) in [6.45, 7) is 4.57. The minimum absolute atomic E-state index is 0. The van der Waals surface area contributed by atoms with Crippen LogP contribution in [0.4, 0.5) is 0 Å². The summed E-state index contributed by atoms with van der Waals surface area (Å²) in [5.41, 5.74) is 0.0558. The Morgan fingerprint density at radius 1 is 1.35 bits per heavy atom. The van der Waals surface area contributed by atoms with Gasteiger partial charge in [0.05, 0.1) is 4.90 Å². The minimum Gasteiger partial charge on any atom is -0.317 e. The monoisotopic (exact) mass is 430 g/mol. The van der Waals surface area contributed by atoms with Gasteiger partial charge in [0.1, 0.15) is 0 Å². The van der Waals surface area contributed by atoms with Crippen molar-refractivity contribution in [2.24, 2.45) is 5.41 Å². The van der Waals surface area contributed by atoms with Crippen LogP contribution in [0.5, 0.6) is 0 Å². The Hall–Kier alpha value is 0.110. The highest BCUT2D eigenvalue weighted by molar-refractivity contribution is 14.1. The van der Waals surface area contributed by atoms with E-state index in [1.54, 1.807) is 18.2 Å². The fourth-order valence-corrected chi connectivity index (χ4v) is 4.19. The lowest BCUT2D eigenvalue weighted by Gasteiger charge is -2.34. The Balaban J connectivity index is 0.00000200. The van der Waals surface area contributed by atoms with Gasteiger partial charge in [-0.1, -0.05) is 13.0 Å². The molecule has 7 heteroatoms. The molecule has 0 unspecified atom stereocenters. The minimum atomic E-state index is -3.40. The summed E-state index contributed by atoms with van der Waals surface area (Å²) in [7, 11) is -3.40. The molecule has 1 aliphatic rings. The zero-order valence-corrected chi connectivity index (χ0v) is 15.1. The van der Waals surface area contributed by atoms with Crippen LogP contribution in [0.2, 0.25) is 0 Å². The largest absolute Gasteiger partial charge is 0.317 e. The average molecular weight is 431 g/mol. The zero-order chi connectivity index (χ0) is 13.9. The quantitative estimate of drug-likeness (QED) is 0.721. The highest BCUT2D eigenvalue weighted by atomic mass is 127. The normalized spacial score (nSPS) is 18.3. The third-order valence-electron chi connectivity index (χ3n) is 3.61. The zero-order valence-electron chi connectivity index (χ0n) is 11.4. The van der Waals surface area contributed by atoms with Crippen molar-refractivity contribution < 1.29 is 8.42 Å². The van der Waals surface area contributed by atoms with Crippen LogP contribution in [0.15, 0.2) is 29.2 Å². The summed E-state index contributed by atoms with van der Waals surface area (Å²) in [5, 5.41) is 3.30. The average Bonchev–Trinajstić information content (AvgIpc) is 2.38. The molecule has 0 amide bonds. The van der Waals surface area contributed by atoms with Crippen molar-refractivity contribution in [2.45, 2.75) is 24.7 Å². The lowest BCUT2D eigenvalue weighted by Crippen LogP contribution is -2.42. The van der Waals surface area contributed by atoms with Gasteiger partial charge in [-0.15, -0.1) is 12.4 Å². The summed E-state index contributed by atoms with van der Waals surface area (Å²) >= 11 is 2.12. The lowest BCUT2D eigenvalue weighted by atomic mass is 9.81. The molecule has 0 radical (unpaired) electrons. The molecule has 1 aromatic rings. The van der Waals surface area contributed by atoms with Crippen LogP contribution in [-0.2, 0) is 10.0 Å². The Kier molecular flexibility index (Phi) is 6.72. The predicted octanol–water partition coefficient (Wildman–Crippen LogP) is 2.38. The van der Waals surface area contributed by atoms with Gasteiger partial charge in [-0.25, -0.2) is 13.1 Å². The molecule has 0 spiro atoms. The van der Waals surface area contributed by atoms with E-state index in [0.717, 1.165) is 29.5 Å². The first kappa shape index (κ1) is 18.2. The van der Waals surface area contributed by atoms with Gasteiger partial charge >= 0.3 is 0 Å². The third-order valence-corrected chi connectivity index (χ3v) is 5.68. The molecule has 20 heavy (non-hydrogen) atoms. The van der Waals surface area contributed by atoms with Crippen LogP contribution in [0.1, 0.15) is 19.8 Å². The Morgan fingerprint density at radius 2 is 2.00 bits per heavy atom. The highest BCUT2D eigenvalue weighted by Crippen LogP contribution is 2.27. The summed E-state index contributed by atoms with van der Waals surface area (Å²) in [6.07, 6.45) is 2.00. The van der Waals surface area contributed by atoms with Gasteiger partial charge in [-0.2, -0.15) is 0 Å². The maximum Gasteiger partial charge on any atom is 0.240 e. The van der Waals surface area contributed by atoms with Crippen LogP contribution in [0.3, 0.4) is 0 Å². The van der Waals surface area contributed by atoms with Gasteiger partial charge in [0.15, 0.2) is 0 Å². The van der Waals surface area contributed by atoms with E-state index in [1.807, 2.05) is 6.07 Å². The smallest absolute Gasteiger partial charge is 0.240 e. The Bertz CT molecular complexity index is 545. The number of hydrogen-bond acceptors (Lipinski definition) is 3. The van der Waals surface area contributed by atoms with Crippen LogP contribution in [-0.4, -0.2) is 28.1 Å². The van der Waals surface area contributed by atoms with Crippen molar-refractivity contribution in [3.8, 4) is 0 Å². The van der Waals surface area contributed by atoms with Crippen LogP contribution < -0.4 is 10.0 Å². The van der Waals surface area contributed by atoms with Crippen molar-refractivity contribution in [3.05, 3.63) is 27.8 Å². The summed E-state index contributed by atoms with van der Waals surface area (Å²) < 4.78 is 28.2. The van der Waals surface area contributed by atoms with E-state index in [1.165, 1.54) is 0 Å². The topological polar surface area (TPSA) is 58.2 Å². The number of nitrogens with one attached hydrogen (secondary N) is 2. The fraction of sp³-hybridized carbons (Fsp3) is 0.538. The first-order chi connectivity index (χ1) is 8.91. The molecule has 2 N–H and O–H groups in total. The molecule has 0 aliphatic carbocycles. The molecule has 0 saturated carbocycles. The Morgan fingerprint density at radius 3 is 2.60 bits per heavy atom. The van der Waals surface area contributed by atoms with Crippen LogP contribution in [0.25, 0.3) is 0 Å². The van der Waals surface area contributed by atoms with Gasteiger partial charge in [0, 0.05) is 10.1 Å². The fourth-order valence-electron chi connectivity index (χ4n) is 2.19. The third kappa shape index (κ3) is 4.84. The molecule has 0 atom stereocenters. The van der Waals surface area contributed by atoms with E-state index in [2.05, 4.69) is 39.6 Å². The van der Waals surface area contributed by atoms with Crippen molar-refractivity contribution in [1.29, 1.82) is 0 Å². The van der Waals surface area contributed by atoms with Gasteiger partial charge in [-0.3, -0.25) is 0 Å². The van der Waals surface area contributed by atoms with Crippen molar-refractivity contribution in [2.75, 3.05) is 19.6 Å². The van der Waals surface area contributed by atoms with Gasteiger partial charge < -0.3 is 5.32 Å². The lowest BCUT2D eigenvalue weighted by molar-refractivity contribution is 0.232. The van der Waals surface area contributed by atoms with Crippen LogP contribution in [0, 0.1) is 8.99 Å². The van der Waals surface area contributed by atoms with Gasteiger partial charge in [-0.05, 0) is 72.1 Å². The second-order valence-corrected chi connectivity index (χ2v) is 8.36. The first-order valence-corrected chi connectivity index (χ1v) is 8.94. The van der Waals surface area contributed by atoms with Crippen molar-refractivity contribution in [1.82, 2.24) is 10.0 Å². The molecule has 4 nitrogen and oxygen atoms in total. The van der Waals surface area contributed by atoms with E-state index < -0.39 is 10.0 Å². The molecule has 1 fully saturated rings. The van der Waals surface area contributed by atoms with E-state index in [4.69, 9.17) is 0 Å². The van der Waals surface area contributed by atoms with Crippen molar-refractivity contribution in [3.63, 3.8) is 0 Å². The number of hydrogen-bond donors (Lipinski definition) is 2. The van der Waals surface area contributed by atoms with E-state index >= 15 is 0 Å². The molecule has 1 saturated heterocycles. The summed E-state index contributed by atoms with van der Waals surface area (Å²) in [6, 6.07) is 6.97. The molecule has 1 aliphatic heterocycles. The maximum atomic E-state index is 12.2. The van der Waals surface area contributed by atoms with E-state index in [0.29, 0.717) is 11.4 Å². The summed E-state index contributed by atoms with van der Waals surface area (Å²) in [5.74, 6) is 0. The predicted molar refractivity (Wildman–Crippen MR) is 91.8 cm³/mol. The summed E-state index contributed by atoms with van der Waals surface area (Å²) in [4.78, 5) is 0.344. The van der Waals surface area contributed by atoms with E-state index in [9.17, 15) is 8.42 Å². The molecule has 1 heterocycles. The van der Waals surface area contributed by atoms with Gasteiger partial charge in [0.25, 0.3) is 0 Å². The molecule has 0 aromatic heterocycles. The number of halogens is 2. The highest BCUT2D eigenvalue weighted by Gasteiger charge is 2.28. The molecule has 0 bridgehead atoms. The Labute approximate surface area is 140 Å². The first-order valence-electron chi connectivity index (χ1n) is 6.37. The molecular weight excluding hydrogens is 411 g/mol. The maximum absolute atomic E-state index is 12.2. The molecule has 2 rings (SSSR count). The van der Waals surface area contributed by atoms with Crippen LogP contribution >= 0.6 is 35.0 Å². The number of rotatable bonds is 4. The van der Waals surface area contributed by atoms with Crippen molar-refractivity contribution >= 4 is 45.0 Å². The standard InChI is InChI=1S/C13H19IN2O2S.ClH/c1-13(5-7-15-8-6-13)10-16-19(17,18)12-4-2-3-11(14)9-12;/h2-4,9,15-16H,5-8,10H2,1H3;1H. The molecule has 1 aromatic carbocycles. The number of benzene rings is 1. The second kappa shape index (κ2) is 7.40. The SMILES string of the molecule is CC1(CNS(=O)(=O)c2cccc(I)c2)CCNCC1.Cl. The second-order valence-electron chi connectivity index (χ2n) is 5.34. The van der Waals surface area contributed by atoms with E-state index in [-0.39, 0.29) is 17.8 Å². The molecular formula is C13H20ClIN2O2S. The van der Waals surface area contributed by atoms with Gasteiger partial charge in [0.2, 0.25) is 10.0 Å².